The molecule has 0 spiro atoms. The van der Waals surface area contributed by atoms with Gasteiger partial charge in [-0.2, -0.15) is 0 Å². The molecule has 1 aromatic rings. The van der Waals surface area contributed by atoms with E-state index in [1.54, 1.807) is 0 Å². The van der Waals surface area contributed by atoms with E-state index in [9.17, 15) is 0 Å². The number of pyridine rings is 1. The Labute approximate surface area is 107 Å². The van der Waals surface area contributed by atoms with Crippen molar-refractivity contribution < 1.29 is 4.74 Å². The van der Waals surface area contributed by atoms with Crippen LogP contribution in [0.5, 0.6) is 5.75 Å². The first-order valence-corrected chi connectivity index (χ1v) is 6.56. The Morgan fingerprint density at radius 3 is 2.86 bits per heavy atom. The lowest BCUT2D eigenvalue weighted by Crippen LogP contribution is -1.98. The summed E-state index contributed by atoms with van der Waals surface area (Å²) in [7, 11) is 0. The van der Waals surface area contributed by atoms with Gasteiger partial charge in [0.2, 0.25) is 0 Å². The van der Waals surface area contributed by atoms with Crippen molar-refractivity contribution in [3.05, 3.63) is 20.4 Å². The monoisotopic (exact) mass is 369 g/mol. The summed E-state index contributed by atoms with van der Waals surface area (Å²) in [6.45, 7) is 2.96. The largest absolute Gasteiger partial charge is 0.491 e. The Morgan fingerprint density at radius 1 is 1.43 bits per heavy atom. The highest BCUT2D eigenvalue weighted by Gasteiger charge is 2.02. The molecule has 0 atom stereocenters. The molecule has 0 bridgehead atoms. The van der Waals surface area contributed by atoms with E-state index < -0.39 is 0 Å². The third kappa shape index (κ3) is 4.13. The molecular formula is C10H13BrINO. The maximum atomic E-state index is 5.58. The molecule has 0 radical (unpaired) electrons. The number of aromatic nitrogens is 1. The third-order valence-corrected chi connectivity index (χ3v) is 2.95. The number of ether oxygens (including phenoxy) is 1. The van der Waals surface area contributed by atoms with Crippen LogP contribution in [0.3, 0.4) is 0 Å². The van der Waals surface area contributed by atoms with Gasteiger partial charge in [0.25, 0.3) is 0 Å². The minimum Gasteiger partial charge on any atom is -0.491 e. The van der Waals surface area contributed by atoms with Gasteiger partial charge in [-0.25, -0.2) is 4.98 Å². The van der Waals surface area contributed by atoms with Crippen molar-refractivity contribution in [3.63, 3.8) is 0 Å². The first-order chi connectivity index (χ1) is 6.74. The van der Waals surface area contributed by atoms with Crippen LogP contribution in [-0.2, 0) is 0 Å². The fourth-order valence-electron chi connectivity index (χ4n) is 1.04. The second-order valence-corrected chi connectivity index (χ2v) is 4.83. The van der Waals surface area contributed by atoms with Crippen LogP contribution in [-0.4, -0.2) is 11.6 Å². The summed E-state index contributed by atoms with van der Waals surface area (Å²) in [4.78, 5) is 4.25. The number of unbranched alkanes of at least 4 members (excludes halogenated alkanes) is 2. The summed E-state index contributed by atoms with van der Waals surface area (Å²) < 4.78 is 7.34. The van der Waals surface area contributed by atoms with E-state index in [0.29, 0.717) is 0 Å². The molecule has 2 nitrogen and oxygen atoms in total. The Hall–Kier alpha value is 0.160. The predicted molar refractivity (Wildman–Crippen MR) is 69.7 cm³/mol. The van der Waals surface area contributed by atoms with Crippen LogP contribution in [0.1, 0.15) is 26.2 Å². The van der Waals surface area contributed by atoms with Gasteiger partial charge in [-0.05, 0) is 57.1 Å². The minimum absolute atomic E-state index is 0.773. The highest BCUT2D eigenvalue weighted by molar-refractivity contribution is 14.1. The molecule has 0 N–H and O–H groups in total. The molecule has 0 aliphatic heterocycles. The molecule has 0 amide bonds. The van der Waals surface area contributed by atoms with E-state index >= 15 is 0 Å². The van der Waals surface area contributed by atoms with E-state index in [2.05, 4.69) is 50.4 Å². The Morgan fingerprint density at radius 2 is 2.21 bits per heavy atom. The van der Waals surface area contributed by atoms with Crippen molar-refractivity contribution in [3.8, 4) is 5.75 Å². The van der Waals surface area contributed by atoms with Crippen LogP contribution in [0.4, 0.5) is 0 Å². The van der Waals surface area contributed by atoms with E-state index in [0.717, 1.165) is 27.1 Å². The van der Waals surface area contributed by atoms with E-state index in [-0.39, 0.29) is 0 Å². The van der Waals surface area contributed by atoms with Crippen molar-refractivity contribution in [2.45, 2.75) is 26.2 Å². The number of halogens is 2. The highest BCUT2D eigenvalue weighted by atomic mass is 127. The van der Waals surface area contributed by atoms with Crippen molar-refractivity contribution in [2.75, 3.05) is 6.61 Å². The fraction of sp³-hybridized carbons (Fsp3) is 0.500. The smallest absolute Gasteiger partial charge is 0.152 e. The van der Waals surface area contributed by atoms with E-state index in [1.165, 1.54) is 12.8 Å². The van der Waals surface area contributed by atoms with Crippen molar-refractivity contribution in [1.82, 2.24) is 4.98 Å². The minimum atomic E-state index is 0.773. The van der Waals surface area contributed by atoms with Gasteiger partial charge >= 0.3 is 0 Å². The van der Waals surface area contributed by atoms with Crippen LogP contribution < -0.4 is 4.74 Å². The Balaban J connectivity index is 2.42. The summed E-state index contributed by atoms with van der Waals surface area (Å²) in [5, 5.41) is 0. The van der Waals surface area contributed by atoms with Gasteiger partial charge in [-0.1, -0.05) is 19.8 Å². The number of hydrogen-bond donors (Lipinski definition) is 0. The lowest BCUT2D eigenvalue weighted by Gasteiger charge is -2.06. The average Bonchev–Trinajstić information content (AvgIpc) is 2.15. The van der Waals surface area contributed by atoms with E-state index in [4.69, 9.17) is 4.74 Å². The second-order valence-electron chi connectivity index (χ2n) is 2.98. The Kier molecular flexibility index (Phi) is 5.77. The van der Waals surface area contributed by atoms with Crippen molar-refractivity contribution in [1.29, 1.82) is 0 Å². The lowest BCUT2D eigenvalue weighted by atomic mass is 10.3. The third-order valence-electron chi connectivity index (χ3n) is 1.79. The van der Waals surface area contributed by atoms with Gasteiger partial charge in [0.1, 0.15) is 8.30 Å². The molecule has 1 rings (SSSR count). The SMILES string of the molecule is CCCCCOc1ccc(I)nc1Br. The van der Waals surface area contributed by atoms with Crippen LogP contribution >= 0.6 is 38.5 Å². The molecule has 0 unspecified atom stereocenters. The fourth-order valence-corrected chi connectivity index (χ4v) is 2.23. The van der Waals surface area contributed by atoms with Crippen LogP contribution in [0.25, 0.3) is 0 Å². The zero-order valence-corrected chi connectivity index (χ0v) is 11.8. The topological polar surface area (TPSA) is 22.1 Å². The van der Waals surface area contributed by atoms with Crippen molar-refractivity contribution in [2.24, 2.45) is 0 Å². The summed E-state index contributed by atoms with van der Waals surface area (Å²) in [6, 6.07) is 3.89. The molecule has 78 valence electrons. The molecule has 0 aliphatic rings. The van der Waals surface area contributed by atoms with Crippen molar-refractivity contribution >= 4 is 38.5 Å². The molecule has 14 heavy (non-hydrogen) atoms. The number of nitrogens with zero attached hydrogens (tertiary/aromatic N) is 1. The van der Waals surface area contributed by atoms with Crippen LogP contribution in [0, 0.1) is 3.70 Å². The average molecular weight is 370 g/mol. The first-order valence-electron chi connectivity index (χ1n) is 4.69. The molecule has 1 aromatic heterocycles. The zero-order chi connectivity index (χ0) is 10.4. The maximum Gasteiger partial charge on any atom is 0.152 e. The summed E-state index contributed by atoms with van der Waals surface area (Å²) >= 11 is 5.55. The quantitative estimate of drug-likeness (QED) is 0.444. The molecular weight excluding hydrogens is 357 g/mol. The highest BCUT2D eigenvalue weighted by Crippen LogP contribution is 2.23. The first kappa shape index (κ1) is 12.2. The van der Waals surface area contributed by atoms with Gasteiger partial charge in [0.05, 0.1) is 6.61 Å². The van der Waals surface area contributed by atoms with E-state index in [1.807, 2.05) is 12.1 Å². The zero-order valence-electron chi connectivity index (χ0n) is 8.09. The van der Waals surface area contributed by atoms with Crippen LogP contribution in [0.2, 0.25) is 0 Å². The predicted octanol–water partition coefficient (Wildman–Crippen LogP) is 4.02. The van der Waals surface area contributed by atoms with Gasteiger partial charge in [-0.3, -0.25) is 0 Å². The standard InChI is InChI=1S/C10H13BrINO/c1-2-3-4-7-14-8-5-6-9(12)13-10(8)11/h5-6H,2-4,7H2,1H3. The lowest BCUT2D eigenvalue weighted by molar-refractivity contribution is 0.303. The molecule has 1 heterocycles. The number of rotatable bonds is 5. The van der Waals surface area contributed by atoms with Gasteiger partial charge in [-0.15, -0.1) is 0 Å². The molecule has 0 saturated heterocycles. The molecule has 0 aliphatic carbocycles. The van der Waals surface area contributed by atoms with Gasteiger partial charge < -0.3 is 4.74 Å². The van der Waals surface area contributed by atoms with Gasteiger partial charge in [0, 0.05) is 0 Å². The summed E-state index contributed by atoms with van der Waals surface area (Å²) in [5.41, 5.74) is 0. The normalized spacial score (nSPS) is 10.2. The maximum absolute atomic E-state index is 5.58. The number of hydrogen-bond acceptors (Lipinski definition) is 2. The molecule has 4 heteroatoms. The summed E-state index contributed by atoms with van der Waals surface area (Å²) in [6.07, 6.45) is 3.54. The summed E-state index contributed by atoms with van der Waals surface area (Å²) in [5.74, 6) is 0.835. The molecule has 0 saturated carbocycles. The van der Waals surface area contributed by atoms with Gasteiger partial charge in [0.15, 0.2) is 5.75 Å². The molecule has 0 fully saturated rings. The van der Waals surface area contributed by atoms with Crippen LogP contribution in [0.15, 0.2) is 16.7 Å². The second kappa shape index (κ2) is 6.61. The Bertz CT molecular complexity index is 293. The molecule has 0 aromatic carbocycles.